The summed E-state index contributed by atoms with van der Waals surface area (Å²) >= 11 is 0. The largest absolute Gasteiger partial charge is 0.354 e. The van der Waals surface area contributed by atoms with E-state index in [-0.39, 0.29) is 5.91 Å². The Labute approximate surface area is 111 Å². The van der Waals surface area contributed by atoms with Gasteiger partial charge in [-0.25, -0.2) is 4.68 Å². The molecule has 0 aliphatic heterocycles. The molecule has 0 aliphatic rings. The van der Waals surface area contributed by atoms with E-state index < -0.39 is 0 Å². The first-order chi connectivity index (χ1) is 9.19. The van der Waals surface area contributed by atoms with Gasteiger partial charge in [-0.2, -0.15) is 5.10 Å². The predicted octanol–water partition coefficient (Wildman–Crippen LogP) is 1.15. The van der Waals surface area contributed by atoms with E-state index >= 15 is 0 Å². The number of nitrogens with one attached hydrogen (secondary N) is 1. The van der Waals surface area contributed by atoms with Gasteiger partial charge in [0.1, 0.15) is 0 Å². The highest BCUT2D eigenvalue weighted by Crippen LogP contribution is 2.11. The monoisotopic (exact) mass is 259 g/mol. The fourth-order valence-corrected chi connectivity index (χ4v) is 1.79. The topological polar surface area (TPSA) is 72.7 Å². The Bertz CT molecular complexity index is 573. The van der Waals surface area contributed by atoms with Crippen LogP contribution in [0.3, 0.4) is 0 Å². The van der Waals surface area contributed by atoms with Crippen molar-refractivity contribution in [2.75, 3.05) is 7.05 Å². The quantitative estimate of drug-likeness (QED) is 0.893. The molecule has 0 atom stereocenters. The smallest absolute Gasteiger partial charge is 0.271 e. The van der Waals surface area contributed by atoms with Crippen LogP contribution >= 0.6 is 0 Å². The second kappa shape index (κ2) is 5.60. The average Bonchev–Trinajstić information content (AvgIpc) is 2.90. The standard InChI is InChI=1S/C13H17N5O/c1-4-9-8-10(5-2)18(17-9)12-7-6-11(15-16-12)13(19)14-3/h6-8H,4-5H2,1-3H3,(H,14,19). The van der Waals surface area contributed by atoms with Gasteiger partial charge in [0.25, 0.3) is 5.91 Å². The number of nitrogens with zero attached hydrogens (tertiary/aromatic N) is 4. The molecule has 100 valence electrons. The number of amides is 1. The molecule has 19 heavy (non-hydrogen) atoms. The van der Waals surface area contributed by atoms with Crippen molar-refractivity contribution in [2.24, 2.45) is 0 Å². The first-order valence-corrected chi connectivity index (χ1v) is 6.33. The zero-order chi connectivity index (χ0) is 13.8. The molecule has 0 spiro atoms. The second-order valence-corrected chi connectivity index (χ2v) is 4.10. The Morgan fingerprint density at radius 1 is 1.26 bits per heavy atom. The molecule has 2 rings (SSSR count). The molecule has 2 aromatic rings. The molecule has 0 radical (unpaired) electrons. The van der Waals surface area contributed by atoms with Crippen LogP contribution in [0.4, 0.5) is 0 Å². The third kappa shape index (κ3) is 2.62. The van der Waals surface area contributed by atoms with E-state index in [2.05, 4.69) is 40.5 Å². The summed E-state index contributed by atoms with van der Waals surface area (Å²) in [5.74, 6) is 0.383. The van der Waals surface area contributed by atoms with Crippen molar-refractivity contribution >= 4 is 5.91 Å². The van der Waals surface area contributed by atoms with Crippen LogP contribution in [0.25, 0.3) is 5.82 Å². The third-order valence-corrected chi connectivity index (χ3v) is 2.89. The highest BCUT2D eigenvalue weighted by atomic mass is 16.1. The van der Waals surface area contributed by atoms with Gasteiger partial charge in [-0.15, -0.1) is 10.2 Å². The Morgan fingerprint density at radius 3 is 2.58 bits per heavy atom. The van der Waals surface area contributed by atoms with Gasteiger partial charge in [-0.3, -0.25) is 4.79 Å². The fourth-order valence-electron chi connectivity index (χ4n) is 1.79. The first kappa shape index (κ1) is 13.2. The zero-order valence-electron chi connectivity index (χ0n) is 11.3. The van der Waals surface area contributed by atoms with Crippen LogP contribution in [0.2, 0.25) is 0 Å². The van der Waals surface area contributed by atoms with Gasteiger partial charge in [0.2, 0.25) is 0 Å². The molecule has 0 saturated heterocycles. The lowest BCUT2D eigenvalue weighted by atomic mass is 10.2. The molecule has 0 aliphatic carbocycles. The van der Waals surface area contributed by atoms with E-state index in [1.165, 1.54) is 0 Å². The third-order valence-electron chi connectivity index (χ3n) is 2.89. The number of aryl methyl sites for hydroxylation is 2. The summed E-state index contributed by atoms with van der Waals surface area (Å²) in [6.45, 7) is 4.13. The molecule has 0 bridgehead atoms. The first-order valence-electron chi connectivity index (χ1n) is 6.33. The molecule has 0 saturated carbocycles. The maximum atomic E-state index is 11.4. The van der Waals surface area contributed by atoms with E-state index in [4.69, 9.17) is 0 Å². The minimum absolute atomic E-state index is 0.246. The van der Waals surface area contributed by atoms with Crippen molar-refractivity contribution in [3.8, 4) is 5.82 Å². The minimum Gasteiger partial charge on any atom is -0.354 e. The van der Waals surface area contributed by atoms with Gasteiger partial charge in [-0.05, 0) is 31.0 Å². The van der Waals surface area contributed by atoms with Crippen LogP contribution < -0.4 is 5.32 Å². The SMILES string of the molecule is CCc1cc(CC)n(-c2ccc(C(=O)NC)nn2)n1. The number of aromatic nitrogens is 4. The lowest BCUT2D eigenvalue weighted by Gasteiger charge is -2.04. The van der Waals surface area contributed by atoms with Gasteiger partial charge >= 0.3 is 0 Å². The normalized spacial score (nSPS) is 10.5. The van der Waals surface area contributed by atoms with Crippen molar-refractivity contribution in [3.05, 3.63) is 35.3 Å². The van der Waals surface area contributed by atoms with E-state index in [0.717, 1.165) is 24.2 Å². The minimum atomic E-state index is -0.246. The summed E-state index contributed by atoms with van der Waals surface area (Å²) in [4.78, 5) is 11.4. The fraction of sp³-hybridized carbons (Fsp3) is 0.385. The van der Waals surface area contributed by atoms with Crippen LogP contribution in [0.5, 0.6) is 0 Å². The Kier molecular flexibility index (Phi) is 3.89. The maximum absolute atomic E-state index is 11.4. The van der Waals surface area contributed by atoms with E-state index in [0.29, 0.717) is 11.5 Å². The van der Waals surface area contributed by atoms with Crippen LogP contribution in [0.15, 0.2) is 18.2 Å². The highest BCUT2D eigenvalue weighted by Gasteiger charge is 2.10. The molecule has 0 aromatic carbocycles. The molecule has 2 aromatic heterocycles. The maximum Gasteiger partial charge on any atom is 0.271 e. The molecule has 1 amide bonds. The highest BCUT2D eigenvalue weighted by molar-refractivity contribution is 5.91. The summed E-state index contributed by atoms with van der Waals surface area (Å²) in [7, 11) is 1.56. The molecule has 6 heteroatoms. The van der Waals surface area contributed by atoms with Crippen LogP contribution in [0, 0.1) is 0 Å². The Morgan fingerprint density at radius 2 is 2.05 bits per heavy atom. The van der Waals surface area contributed by atoms with Gasteiger partial charge in [0, 0.05) is 12.7 Å². The molecular formula is C13H17N5O. The second-order valence-electron chi connectivity index (χ2n) is 4.10. The molecule has 0 fully saturated rings. The summed E-state index contributed by atoms with van der Waals surface area (Å²) in [6, 6.07) is 5.46. The van der Waals surface area contributed by atoms with Gasteiger partial charge in [-0.1, -0.05) is 13.8 Å². The average molecular weight is 259 g/mol. The van der Waals surface area contributed by atoms with Gasteiger partial charge in [0.05, 0.1) is 5.69 Å². The van der Waals surface area contributed by atoms with Gasteiger partial charge in [0.15, 0.2) is 11.5 Å². The number of rotatable bonds is 4. The number of carbonyl (C=O) groups excluding carboxylic acids is 1. The number of hydrogen-bond donors (Lipinski definition) is 1. The van der Waals surface area contributed by atoms with Crippen molar-refractivity contribution in [1.29, 1.82) is 0 Å². The van der Waals surface area contributed by atoms with Crippen LogP contribution in [-0.4, -0.2) is 32.9 Å². The van der Waals surface area contributed by atoms with Crippen molar-refractivity contribution < 1.29 is 4.79 Å². The van der Waals surface area contributed by atoms with Gasteiger partial charge < -0.3 is 5.32 Å². The van der Waals surface area contributed by atoms with E-state index in [1.807, 2.05) is 0 Å². The van der Waals surface area contributed by atoms with Crippen LogP contribution in [-0.2, 0) is 12.8 Å². The van der Waals surface area contributed by atoms with Crippen molar-refractivity contribution in [1.82, 2.24) is 25.3 Å². The van der Waals surface area contributed by atoms with Crippen molar-refractivity contribution in [2.45, 2.75) is 26.7 Å². The van der Waals surface area contributed by atoms with E-state index in [1.54, 1.807) is 23.9 Å². The van der Waals surface area contributed by atoms with Crippen molar-refractivity contribution in [3.63, 3.8) is 0 Å². The Hall–Kier alpha value is -2.24. The number of carbonyl (C=O) groups is 1. The molecule has 0 unspecified atom stereocenters. The lowest BCUT2D eigenvalue weighted by Crippen LogP contribution is -2.20. The summed E-state index contributed by atoms with van der Waals surface area (Å²) in [6.07, 6.45) is 1.75. The zero-order valence-corrected chi connectivity index (χ0v) is 11.3. The predicted molar refractivity (Wildman–Crippen MR) is 71.3 cm³/mol. The summed E-state index contributed by atoms with van der Waals surface area (Å²) in [5.41, 5.74) is 2.40. The lowest BCUT2D eigenvalue weighted by molar-refractivity contribution is 0.0957. The summed E-state index contributed by atoms with van der Waals surface area (Å²) < 4.78 is 1.78. The van der Waals surface area contributed by atoms with E-state index in [9.17, 15) is 4.79 Å². The Balaban J connectivity index is 2.36. The molecule has 6 nitrogen and oxygen atoms in total. The number of hydrogen-bond acceptors (Lipinski definition) is 4. The molecule has 2 heterocycles. The molecule has 1 N–H and O–H groups in total. The summed E-state index contributed by atoms with van der Waals surface area (Å²) in [5, 5.41) is 15.0. The molecular weight excluding hydrogens is 242 g/mol. The van der Waals surface area contributed by atoms with Crippen LogP contribution in [0.1, 0.15) is 35.7 Å².